The largest absolute Gasteiger partial charge is 0.462 e. The fourth-order valence-electron chi connectivity index (χ4n) is 7.78. The summed E-state index contributed by atoms with van der Waals surface area (Å²) in [6.45, 7) is 6.24. The molecule has 1 atom stereocenters. The predicted octanol–water partition coefficient (Wildman–Crippen LogP) is 22.4. The van der Waals surface area contributed by atoms with Crippen molar-refractivity contribution in [3.8, 4) is 0 Å². The normalized spacial score (nSPS) is 13.5. The van der Waals surface area contributed by atoms with Gasteiger partial charge in [0.25, 0.3) is 0 Å². The zero-order valence-electron chi connectivity index (χ0n) is 51.9. The highest BCUT2D eigenvalue weighted by molar-refractivity contribution is 5.71. The van der Waals surface area contributed by atoms with Crippen molar-refractivity contribution in [3.05, 3.63) is 207 Å². The molecule has 6 heteroatoms. The van der Waals surface area contributed by atoms with Gasteiger partial charge in [0.1, 0.15) is 13.2 Å². The summed E-state index contributed by atoms with van der Waals surface area (Å²) in [6, 6.07) is 0. The van der Waals surface area contributed by atoms with Crippen LogP contribution in [0.2, 0.25) is 0 Å². The minimum atomic E-state index is -0.839. The maximum absolute atomic E-state index is 12.9. The molecule has 0 radical (unpaired) electrons. The molecule has 0 aromatic rings. The number of carbonyl (C=O) groups is 3. The van der Waals surface area contributed by atoms with E-state index in [4.69, 9.17) is 14.2 Å². The van der Waals surface area contributed by atoms with E-state index in [-0.39, 0.29) is 37.5 Å². The summed E-state index contributed by atoms with van der Waals surface area (Å²) in [5.74, 6) is -1.05. The van der Waals surface area contributed by atoms with E-state index >= 15 is 0 Å². The lowest BCUT2D eigenvalue weighted by Gasteiger charge is -2.18. The summed E-state index contributed by atoms with van der Waals surface area (Å²) in [5.41, 5.74) is 0. The number of unbranched alkanes of at least 4 members (excludes halogenated alkanes) is 10. The molecule has 0 N–H and O–H groups in total. The second-order valence-corrected chi connectivity index (χ2v) is 20.2. The van der Waals surface area contributed by atoms with Gasteiger partial charge in [0.2, 0.25) is 0 Å². The van der Waals surface area contributed by atoms with Crippen LogP contribution in [0.3, 0.4) is 0 Å². The highest BCUT2D eigenvalue weighted by atomic mass is 16.6. The van der Waals surface area contributed by atoms with Gasteiger partial charge in [0.05, 0.1) is 0 Å². The van der Waals surface area contributed by atoms with Crippen molar-refractivity contribution in [2.45, 2.75) is 239 Å². The zero-order chi connectivity index (χ0) is 59.2. The van der Waals surface area contributed by atoms with E-state index < -0.39 is 6.10 Å². The van der Waals surface area contributed by atoms with Gasteiger partial charge in [0.15, 0.2) is 6.10 Å². The van der Waals surface area contributed by atoms with Crippen LogP contribution >= 0.6 is 0 Å². The van der Waals surface area contributed by atoms with Gasteiger partial charge in [0, 0.05) is 19.3 Å². The second-order valence-electron chi connectivity index (χ2n) is 20.2. The van der Waals surface area contributed by atoms with Gasteiger partial charge in [-0.25, -0.2) is 0 Å². The number of allylic oxidation sites excluding steroid dienone is 34. The molecule has 82 heavy (non-hydrogen) atoms. The highest BCUT2D eigenvalue weighted by Gasteiger charge is 2.19. The maximum Gasteiger partial charge on any atom is 0.306 e. The molecule has 0 aliphatic heterocycles. The lowest BCUT2D eigenvalue weighted by molar-refractivity contribution is -0.167. The molecule has 0 aromatic carbocycles. The Labute approximate surface area is 502 Å². The summed E-state index contributed by atoms with van der Waals surface area (Å²) in [6.07, 6.45) is 104. The van der Waals surface area contributed by atoms with Gasteiger partial charge in [-0.3, -0.25) is 14.4 Å². The molecular weight excluding hydrogens is 1010 g/mol. The molecular formula is C76H114O6. The maximum atomic E-state index is 12.9. The summed E-state index contributed by atoms with van der Waals surface area (Å²) in [5, 5.41) is 0. The molecule has 0 spiro atoms. The van der Waals surface area contributed by atoms with Crippen molar-refractivity contribution in [1.29, 1.82) is 0 Å². The van der Waals surface area contributed by atoms with E-state index in [2.05, 4.69) is 227 Å². The van der Waals surface area contributed by atoms with E-state index in [1.54, 1.807) is 0 Å². The molecule has 454 valence electrons. The van der Waals surface area contributed by atoms with Crippen LogP contribution < -0.4 is 0 Å². The fourth-order valence-corrected chi connectivity index (χ4v) is 7.78. The molecule has 0 aromatic heterocycles. The molecule has 0 saturated heterocycles. The van der Waals surface area contributed by atoms with Crippen LogP contribution in [0.25, 0.3) is 0 Å². The fraction of sp³-hybridized carbons (Fsp3) is 0.513. The van der Waals surface area contributed by atoms with Crippen molar-refractivity contribution >= 4 is 17.9 Å². The first-order chi connectivity index (χ1) is 40.5. The Kier molecular flexibility index (Phi) is 62.5. The van der Waals surface area contributed by atoms with Gasteiger partial charge in [-0.15, -0.1) is 0 Å². The smallest absolute Gasteiger partial charge is 0.306 e. The SMILES string of the molecule is CC/C=C\C/C=C\C/C=C\C/C=C\C/C=C\C/C=C\C/C=C\C/C=C\C/C=C\CCCCCC(=O)OCC(COC(=O)CCCCCCC/C=C\CCC)OC(=O)CCC/C=C\C/C=C\C/C=C\C/C=C\C/C=C\C/C=C\C/C=C\CC. The van der Waals surface area contributed by atoms with E-state index in [0.29, 0.717) is 19.3 Å². The number of carbonyl (C=O) groups excluding carboxylic acids is 3. The molecule has 0 aliphatic carbocycles. The highest BCUT2D eigenvalue weighted by Crippen LogP contribution is 2.12. The molecule has 1 unspecified atom stereocenters. The average molecular weight is 1120 g/mol. The molecule has 6 nitrogen and oxygen atoms in total. The van der Waals surface area contributed by atoms with Crippen molar-refractivity contribution in [2.75, 3.05) is 13.2 Å². The third kappa shape index (κ3) is 64.8. The van der Waals surface area contributed by atoms with Gasteiger partial charge in [-0.1, -0.05) is 259 Å². The average Bonchev–Trinajstić information content (AvgIpc) is 3.47. The first-order valence-corrected chi connectivity index (χ1v) is 32.1. The minimum Gasteiger partial charge on any atom is -0.462 e. The Hall–Kier alpha value is -6.01. The molecule has 0 saturated carbocycles. The van der Waals surface area contributed by atoms with Gasteiger partial charge in [-0.2, -0.15) is 0 Å². The van der Waals surface area contributed by atoms with Gasteiger partial charge in [-0.05, 0) is 161 Å². The van der Waals surface area contributed by atoms with E-state index in [1.807, 2.05) is 0 Å². The third-order valence-electron chi connectivity index (χ3n) is 12.5. The Bertz CT molecular complexity index is 2020. The van der Waals surface area contributed by atoms with Crippen LogP contribution in [-0.2, 0) is 28.6 Å². The predicted molar refractivity (Wildman–Crippen MR) is 357 cm³/mol. The standard InChI is InChI=1S/C76H114O6/c1-4-7-10-13-16-19-22-24-26-28-30-32-34-35-36-37-38-39-40-41-43-44-46-48-50-52-54-57-60-63-66-69-75(78)81-72-73(71-80-74(77)68-65-62-59-56-21-18-15-12-9-6-3)82-76(79)70-67-64-61-58-55-53-51-49-47-45-42-33-31-29-27-25-23-20-17-14-11-8-5-2/h7-8,10-12,15-17,19-20,24-27,30-33,35-36,38-39,41,43,45-48,51-54,58,61,73H,4-6,9,13-14,18,21-23,28-29,34,37,40,42,44,49-50,55-57,59-60,62-72H2,1-3H3/b10-7-,11-8-,15-12-,19-16-,20-17-,26-24-,27-25-,32-30-,33-31-,36-35-,39-38-,43-41-,47-45-,48-46-,53-51-,54-52-,61-58-. The van der Waals surface area contributed by atoms with Crippen molar-refractivity contribution in [3.63, 3.8) is 0 Å². The first-order valence-electron chi connectivity index (χ1n) is 32.1. The van der Waals surface area contributed by atoms with Crippen LogP contribution in [-0.4, -0.2) is 37.2 Å². The van der Waals surface area contributed by atoms with Crippen LogP contribution in [0.1, 0.15) is 233 Å². The summed E-state index contributed by atoms with van der Waals surface area (Å²) >= 11 is 0. The van der Waals surface area contributed by atoms with Crippen LogP contribution in [0.5, 0.6) is 0 Å². The number of hydrogen-bond acceptors (Lipinski definition) is 6. The van der Waals surface area contributed by atoms with Crippen molar-refractivity contribution in [2.24, 2.45) is 0 Å². The number of esters is 3. The van der Waals surface area contributed by atoms with E-state index in [9.17, 15) is 14.4 Å². The Morgan fingerprint density at radius 1 is 0.256 bits per heavy atom. The lowest BCUT2D eigenvalue weighted by atomic mass is 10.1. The molecule has 0 amide bonds. The topological polar surface area (TPSA) is 78.9 Å². The minimum absolute atomic E-state index is 0.128. The Morgan fingerprint density at radius 3 is 0.805 bits per heavy atom. The summed E-state index contributed by atoms with van der Waals surface area (Å²) in [4.78, 5) is 38.2. The van der Waals surface area contributed by atoms with Crippen molar-refractivity contribution < 1.29 is 28.6 Å². The monoisotopic (exact) mass is 1120 g/mol. The molecule has 0 bridgehead atoms. The van der Waals surface area contributed by atoms with E-state index in [0.717, 1.165) is 173 Å². The van der Waals surface area contributed by atoms with Crippen LogP contribution in [0.4, 0.5) is 0 Å². The lowest BCUT2D eigenvalue weighted by Crippen LogP contribution is -2.30. The quantitative estimate of drug-likeness (QED) is 0.0261. The molecule has 0 fully saturated rings. The van der Waals surface area contributed by atoms with Gasteiger partial charge < -0.3 is 14.2 Å². The first kappa shape index (κ1) is 76.0. The van der Waals surface area contributed by atoms with Gasteiger partial charge >= 0.3 is 17.9 Å². The Balaban J connectivity index is 4.47. The summed E-state index contributed by atoms with van der Waals surface area (Å²) < 4.78 is 16.8. The zero-order valence-corrected chi connectivity index (χ0v) is 51.9. The Morgan fingerprint density at radius 2 is 0.488 bits per heavy atom. The second kappa shape index (κ2) is 67.5. The number of ether oxygens (including phenoxy) is 3. The molecule has 0 aliphatic rings. The van der Waals surface area contributed by atoms with E-state index in [1.165, 1.54) is 12.8 Å². The number of rotatable bonds is 55. The number of hydrogen-bond donors (Lipinski definition) is 0. The van der Waals surface area contributed by atoms with Crippen molar-refractivity contribution in [1.82, 2.24) is 0 Å². The summed E-state index contributed by atoms with van der Waals surface area (Å²) in [7, 11) is 0. The molecule has 0 heterocycles. The van der Waals surface area contributed by atoms with Crippen LogP contribution in [0, 0.1) is 0 Å². The molecule has 0 rings (SSSR count). The van der Waals surface area contributed by atoms with Crippen LogP contribution in [0.15, 0.2) is 207 Å². The third-order valence-corrected chi connectivity index (χ3v) is 12.5.